The van der Waals surface area contributed by atoms with Crippen molar-refractivity contribution in [3.8, 4) is 11.8 Å². The van der Waals surface area contributed by atoms with Crippen LogP contribution in [0.3, 0.4) is 0 Å². The molecule has 0 spiro atoms. The molecule has 0 amide bonds. The van der Waals surface area contributed by atoms with E-state index in [-0.39, 0.29) is 5.92 Å². The van der Waals surface area contributed by atoms with Crippen LogP contribution in [0.15, 0.2) is 30.0 Å². The molecule has 0 radical (unpaired) electrons. The minimum absolute atomic E-state index is 0.278. The van der Waals surface area contributed by atoms with Gasteiger partial charge < -0.3 is 20.9 Å². The van der Waals surface area contributed by atoms with Crippen molar-refractivity contribution in [1.29, 1.82) is 0 Å². The van der Waals surface area contributed by atoms with Crippen LogP contribution in [-0.4, -0.2) is 19.2 Å². The Bertz CT molecular complexity index is 493. The summed E-state index contributed by atoms with van der Waals surface area (Å²) in [4.78, 5) is 4.18. The summed E-state index contributed by atoms with van der Waals surface area (Å²) < 4.78 is 10.2. The molecule has 0 atom stereocenters. The van der Waals surface area contributed by atoms with Gasteiger partial charge in [-0.1, -0.05) is 13.8 Å². The molecule has 5 heteroatoms. The molecule has 19 heavy (non-hydrogen) atoms. The maximum Gasteiger partial charge on any atom is 0.225 e. The van der Waals surface area contributed by atoms with E-state index in [4.69, 9.17) is 20.9 Å². The molecule has 1 aromatic rings. The summed E-state index contributed by atoms with van der Waals surface area (Å²) in [6, 6.07) is 3.53. The second kappa shape index (κ2) is 6.68. The van der Waals surface area contributed by atoms with Gasteiger partial charge in [0.25, 0.3) is 0 Å². The first-order valence-electron chi connectivity index (χ1n) is 6.01. The number of rotatable bonds is 5. The molecule has 0 fully saturated rings. The molecule has 0 aliphatic carbocycles. The molecule has 0 saturated carbocycles. The third-order valence-electron chi connectivity index (χ3n) is 2.67. The fraction of sp³-hybridized carbons (Fsp3) is 0.357. The van der Waals surface area contributed by atoms with Gasteiger partial charge in [-0.05, 0) is 24.1 Å². The Morgan fingerprint density at radius 1 is 1.16 bits per heavy atom. The number of methoxy groups -OCH3 is 2. The molecule has 5 nitrogen and oxygen atoms in total. The second-order valence-corrected chi connectivity index (χ2v) is 4.35. The third-order valence-corrected chi connectivity index (χ3v) is 2.67. The van der Waals surface area contributed by atoms with Crippen molar-refractivity contribution in [2.45, 2.75) is 13.8 Å². The van der Waals surface area contributed by atoms with E-state index in [0.29, 0.717) is 23.0 Å². The highest BCUT2D eigenvalue weighted by Gasteiger charge is 2.08. The lowest BCUT2D eigenvalue weighted by Crippen LogP contribution is -2.05. The second-order valence-electron chi connectivity index (χ2n) is 4.35. The minimum atomic E-state index is 0.278. The Morgan fingerprint density at radius 2 is 1.84 bits per heavy atom. The van der Waals surface area contributed by atoms with Gasteiger partial charge in [-0.15, -0.1) is 0 Å². The van der Waals surface area contributed by atoms with Crippen LogP contribution in [0.1, 0.15) is 19.4 Å². The van der Waals surface area contributed by atoms with Crippen molar-refractivity contribution in [2.24, 2.45) is 17.4 Å². The lowest BCUT2D eigenvalue weighted by molar-refractivity contribution is 0.364. The monoisotopic (exact) mass is 263 g/mol. The number of nitrogens with two attached hydrogens (primary N) is 2. The molecule has 0 bridgehead atoms. The molecule has 4 N–H and O–H groups in total. The highest BCUT2D eigenvalue weighted by molar-refractivity contribution is 5.68. The van der Waals surface area contributed by atoms with Crippen LogP contribution in [-0.2, 0) is 0 Å². The summed E-state index contributed by atoms with van der Waals surface area (Å²) in [5, 5.41) is 0. The van der Waals surface area contributed by atoms with Crippen molar-refractivity contribution in [3.05, 3.63) is 35.5 Å². The summed E-state index contributed by atoms with van der Waals surface area (Å²) in [5.74, 6) is 1.18. The van der Waals surface area contributed by atoms with Crippen LogP contribution in [0.25, 0.3) is 5.70 Å². The van der Waals surface area contributed by atoms with E-state index in [9.17, 15) is 0 Å². The quantitative estimate of drug-likeness (QED) is 0.793. The Kier molecular flexibility index (Phi) is 5.23. The molecule has 1 heterocycles. The normalized spacial score (nSPS) is 12.7. The highest BCUT2D eigenvalue weighted by Crippen LogP contribution is 2.24. The molecule has 0 aliphatic heterocycles. The molecule has 0 unspecified atom stereocenters. The van der Waals surface area contributed by atoms with E-state index < -0.39 is 0 Å². The van der Waals surface area contributed by atoms with E-state index in [1.165, 1.54) is 7.11 Å². The first kappa shape index (κ1) is 14.9. The zero-order valence-electron chi connectivity index (χ0n) is 11.8. The standard InChI is InChI=1S/C14H21N3O2/c1-9(2)11(15)6-7-12(16)10-5-8-13(18-3)17-14(10)19-4/h5-9H,15-16H2,1-4H3/b11-6-,12-7-. The Hall–Kier alpha value is -2.17. The smallest absolute Gasteiger partial charge is 0.225 e. The summed E-state index contributed by atoms with van der Waals surface area (Å²) in [6.45, 7) is 4.04. The number of pyridine rings is 1. The van der Waals surface area contributed by atoms with Crippen molar-refractivity contribution in [1.82, 2.24) is 4.98 Å². The molecule has 1 aromatic heterocycles. The van der Waals surface area contributed by atoms with E-state index in [1.54, 1.807) is 31.4 Å². The number of nitrogens with zero attached hydrogens (tertiary/aromatic N) is 1. The number of hydrogen-bond acceptors (Lipinski definition) is 5. The van der Waals surface area contributed by atoms with Gasteiger partial charge in [0.05, 0.1) is 19.8 Å². The lowest BCUT2D eigenvalue weighted by atomic mass is 10.1. The van der Waals surface area contributed by atoms with E-state index in [1.807, 2.05) is 13.8 Å². The average Bonchev–Trinajstić information content (AvgIpc) is 2.43. The van der Waals surface area contributed by atoms with E-state index in [0.717, 1.165) is 5.70 Å². The fourth-order valence-corrected chi connectivity index (χ4v) is 1.38. The zero-order valence-corrected chi connectivity index (χ0v) is 11.8. The first-order valence-corrected chi connectivity index (χ1v) is 6.01. The fourth-order valence-electron chi connectivity index (χ4n) is 1.38. The van der Waals surface area contributed by atoms with Crippen LogP contribution in [0, 0.1) is 5.92 Å². The van der Waals surface area contributed by atoms with Gasteiger partial charge in [0, 0.05) is 17.5 Å². The van der Waals surface area contributed by atoms with Crippen LogP contribution in [0.5, 0.6) is 11.8 Å². The number of aromatic nitrogens is 1. The largest absolute Gasteiger partial charge is 0.481 e. The first-order chi connectivity index (χ1) is 8.99. The van der Waals surface area contributed by atoms with Crippen molar-refractivity contribution >= 4 is 5.70 Å². The van der Waals surface area contributed by atoms with Crippen LogP contribution in [0.2, 0.25) is 0 Å². The molecule has 1 rings (SSSR count). The molecular weight excluding hydrogens is 242 g/mol. The molecule has 0 aromatic carbocycles. The summed E-state index contributed by atoms with van der Waals surface area (Å²) in [6.07, 6.45) is 3.55. The van der Waals surface area contributed by atoms with E-state index >= 15 is 0 Å². The van der Waals surface area contributed by atoms with Crippen LogP contribution in [0.4, 0.5) is 0 Å². The van der Waals surface area contributed by atoms with Crippen LogP contribution < -0.4 is 20.9 Å². The van der Waals surface area contributed by atoms with Gasteiger partial charge in [0.15, 0.2) is 0 Å². The lowest BCUT2D eigenvalue weighted by Gasteiger charge is -2.09. The number of hydrogen-bond donors (Lipinski definition) is 2. The SMILES string of the molecule is COc1ccc(/C(N)=C/C=C(\N)C(C)C)c(OC)n1. The molecule has 0 aliphatic rings. The van der Waals surface area contributed by atoms with Gasteiger partial charge in [0.2, 0.25) is 11.8 Å². The van der Waals surface area contributed by atoms with Crippen molar-refractivity contribution < 1.29 is 9.47 Å². The Balaban J connectivity index is 3.08. The molecule has 104 valence electrons. The Morgan fingerprint density at radius 3 is 2.37 bits per heavy atom. The summed E-state index contributed by atoms with van der Waals surface area (Å²) in [5.41, 5.74) is 13.9. The van der Waals surface area contributed by atoms with Crippen LogP contribution >= 0.6 is 0 Å². The van der Waals surface area contributed by atoms with Crippen molar-refractivity contribution in [3.63, 3.8) is 0 Å². The third kappa shape index (κ3) is 3.91. The van der Waals surface area contributed by atoms with Gasteiger partial charge in [0.1, 0.15) is 0 Å². The van der Waals surface area contributed by atoms with E-state index in [2.05, 4.69) is 4.98 Å². The molecule has 0 saturated heterocycles. The Labute approximate surface area is 113 Å². The van der Waals surface area contributed by atoms with Gasteiger partial charge in [-0.25, -0.2) is 0 Å². The average molecular weight is 263 g/mol. The topological polar surface area (TPSA) is 83.4 Å². The maximum absolute atomic E-state index is 6.01. The predicted molar refractivity (Wildman–Crippen MR) is 76.6 cm³/mol. The van der Waals surface area contributed by atoms with Gasteiger partial charge in [-0.3, -0.25) is 0 Å². The zero-order chi connectivity index (χ0) is 14.4. The summed E-state index contributed by atoms with van der Waals surface area (Å²) >= 11 is 0. The number of ether oxygens (including phenoxy) is 2. The number of allylic oxidation sites excluding steroid dienone is 3. The maximum atomic E-state index is 6.01. The highest BCUT2D eigenvalue weighted by atomic mass is 16.5. The minimum Gasteiger partial charge on any atom is -0.481 e. The van der Waals surface area contributed by atoms with Crippen molar-refractivity contribution in [2.75, 3.05) is 14.2 Å². The molecular formula is C14H21N3O2. The summed E-state index contributed by atoms with van der Waals surface area (Å²) in [7, 11) is 3.09. The predicted octanol–water partition coefficient (Wildman–Crippen LogP) is 1.90. The van der Waals surface area contributed by atoms with Gasteiger partial charge in [-0.2, -0.15) is 4.98 Å². The van der Waals surface area contributed by atoms with Gasteiger partial charge >= 0.3 is 0 Å².